The molecule has 0 bridgehead atoms. The van der Waals surface area contributed by atoms with E-state index in [0.717, 1.165) is 17.1 Å². The number of hydrogen-bond donors (Lipinski definition) is 1. The number of nitrogens with zero attached hydrogens (tertiary/aromatic N) is 2. The van der Waals surface area contributed by atoms with Gasteiger partial charge in [-0.15, -0.1) is 0 Å². The lowest BCUT2D eigenvalue weighted by Gasteiger charge is -2.28. The lowest BCUT2D eigenvalue weighted by atomic mass is 10.1. The van der Waals surface area contributed by atoms with E-state index in [2.05, 4.69) is 60.2 Å². The van der Waals surface area contributed by atoms with Gasteiger partial charge in [-0.2, -0.15) is 0 Å². The Hall–Kier alpha value is -3.90. The minimum absolute atomic E-state index is 0.0926. The van der Waals surface area contributed by atoms with Crippen molar-refractivity contribution in [1.29, 1.82) is 0 Å². The van der Waals surface area contributed by atoms with Crippen molar-refractivity contribution >= 4 is 5.91 Å². The van der Waals surface area contributed by atoms with Crippen molar-refractivity contribution in [2.45, 2.75) is 39.9 Å². The van der Waals surface area contributed by atoms with E-state index < -0.39 is 0 Å². The maximum atomic E-state index is 12.4. The van der Waals surface area contributed by atoms with Crippen molar-refractivity contribution in [1.82, 2.24) is 15.2 Å². The van der Waals surface area contributed by atoms with E-state index in [1.165, 1.54) is 11.8 Å². The Balaban J connectivity index is 1.52. The monoisotopic (exact) mass is 483 g/mol. The summed E-state index contributed by atoms with van der Waals surface area (Å²) in [4.78, 5) is 19.2. The Kier molecular flexibility index (Phi) is 8.53. The summed E-state index contributed by atoms with van der Waals surface area (Å²) in [7, 11) is 0. The largest absolute Gasteiger partial charge is 0.457 e. The minimum Gasteiger partial charge on any atom is -0.457 e. The summed E-state index contributed by atoms with van der Waals surface area (Å²) in [5.74, 6) is 2.24. The van der Waals surface area contributed by atoms with E-state index in [1.54, 1.807) is 0 Å². The molecule has 4 aromatic rings. The highest BCUT2D eigenvalue weighted by Crippen LogP contribution is 2.27. The van der Waals surface area contributed by atoms with Crippen LogP contribution in [0.2, 0.25) is 0 Å². The minimum atomic E-state index is -0.216. The summed E-state index contributed by atoms with van der Waals surface area (Å²) >= 11 is 0. The van der Waals surface area contributed by atoms with Gasteiger partial charge in [0, 0.05) is 19.1 Å². The summed E-state index contributed by atoms with van der Waals surface area (Å²) < 4.78 is 11.8. The van der Waals surface area contributed by atoms with Gasteiger partial charge in [0.15, 0.2) is 5.69 Å². The fraction of sp³-hybridized carbons (Fsp3) is 0.267. The molecular formula is C30H33N3O3. The molecule has 0 aliphatic rings. The number of aromatic nitrogens is 1. The summed E-state index contributed by atoms with van der Waals surface area (Å²) in [6.45, 7) is 7.98. The number of para-hydroxylation sites is 1. The number of carbonyl (C=O) groups is 1. The molecule has 1 heterocycles. The number of amides is 1. The molecule has 4 rings (SSSR count). The number of ether oxygens (including phenoxy) is 1. The molecule has 1 amide bonds. The number of benzene rings is 3. The summed E-state index contributed by atoms with van der Waals surface area (Å²) in [6.07, 6.45) is 1.44. The third-order valence-electron chi connectivity index (χ3n) is 5.89. The zero-order chi connectivity index (χ0) is 25.3. The van der Waals surface area contributed by atoms with Crippen LogP contribution in [-0.4, -0.2) is 22.3 Å². The summed E-state index contributed by atoms with van der Waals surface area (Å²) in [5.41, 5.74) is 2.60. The Morgan fingerprint density at radius 3 is 2.33 bits per heavy atom. The van der Waals surface area contributed by atoms with Crippen LogP contribution < -0.4 is 10.1 Å². The Bertz CT molecular complexity index is 1240. The van der Waals surface area contributed by atoms with Gasteiger partial charge in [-0.25, -0.2) is 4.98 Å². The standard InChI is InChI=1S/C30H33N3O3/c1-22(2)18-31-30(34)28-21-35-29(32-28)20-33(23(3)25-12-6-4-7-13-25)19-24-11-10-16-27(17-24)36-26-14-8-5-9-15-26/h4-17,21-23H,18-20H2,1-3H3,(H,31,34)/t23-/m0/s1. The maximum absolute atomic E-state index is 12.4. The van der Waals surface area contributed by atoms with E-state index in [0.29, 0.717) is 37.1 Å². The molecule has 1 aromatic heterocycles. The molecule has 1 N–H and O–H groups in total. The average Bonchev–Trinajstić information content (AvgIpc) is 3.36. The molecule has 1 atom stereocenters. The second-order valence-electron chi connectivity index (χ2n) is 9.28. The molecule has 186 valence electrons. The van der Waals surface area contributed by atoms with E-state index >= 15 is 0 Å². The molecule has 0 spiro atoms. The van der Waals surface area contributed by atoms with Gasteiger partial charge >= 0.3 is 0 Å². The first-order valence-electron chi connectivity index (χ1n) is 12.3. The van der Waals surface area contributed by atoms with Crippen LogP contribution in [0.5, 0.6) is 11.5 Å². The van der Waals surface area contributed by atoms with Crippen molar-refractivity contribution in [3.05, 3.63) is 114 Å². The summed E-state index contributed by atoms with van der Waals surface area (Å²) in [5, 5.41) is 2.89. The van der Waals surface area contributed by atoms with E-state index in [9.17, 15) is 4.79 Å². The van der Waals surface area contributed by atoms with Gasteiger partial charge in [-0.1, -0.05) is 74.5 Å². The van der Waals surface area contributed by atoms with Gasteiger partial charge in [0.2, 0.25) is 5.89 Å². The van der Waals surface area contributed by atoms with Crippen molar-refractivity contribution in [2.75, 3.05) is 6.54 Å². The van der Waals surface area contributed by atoms with Gasteiger partial charge in [-0.05, 0) is 48.2 Å². The molecule has 0 aliphatic carbocycles. The van der Waals surface area contributed by atoms with Gasteiger partial charge in [0.25, 0.3) is 5.91 Å². The molecule has 6 heteroatoms. The van der Waals surface area contributed by atoms with Crippen LogP contribution in [-0.2, 0) is 13.1 Å². The van der Waals surface area contributed by atoms with E-state index in [1.807, 2.05) is 60.7 Å². The quantitative estimate of drug-likeness (QED) is 0.260. The van der Waals surface area contributed by atoms with Crippen molar-refractivity contribution in [3.63, 3.8) is 0 Å². The SMILES string of the molecule is CC(C)CNC(=O)c1coc(CN(Cc2cccc(Oc3ccccc3)c2)[C@@H](C)c2ccccc2)n1. The molecule has 0 saturated carbocycles. The first-order chi connectivity index (χ1) is 17.5. The van der Waals surface area contributed by atoms with E-state index in [-0.39, 0.29) is 11.9 Å². The van der Waals surface area contributed by atoms with Crippen LogP contribution in [0.4, 0.5) is 0 Å². The fourth-order valence-corrected chi connectivity index (χ4v) is 3.89. The summed E-state index contributed by atoms with van der Waals surface area (Å²) in [6, 6.07) is 28.3. The number of nitrogens with one attached hydrogen (secondary N) is 1. The first kappa shape index (κ1) is 25.2. The predicted molar refractivity (Wildman–Crippen MR) is 141 cm³/mol. The zero-order valence-corrected chi connectivity index (χ0v) is 21.1. The average molecular weight is 484 g/mol. The van der Waals surface area contributed by atoms with Crippen molar-refractivity contribution < 1.29 is 13.9 Å². The highest BCUT2D eigenvalue weighted by molar-refractivity contribution is 5.91. The van der Waals surface area contributed by atoms with Crippen molar-refractivity contribution in [3.8, 4) is 11.5 Å². The van der Waals surface area contributed by atoms with Gasteiger partial charge < -0.3 is 14.5 Å². The molecular weight excluding hydrogens is 450 g/mol. The van der Waals surface area contributed by atoms with Gasteiger partial charge in [0.05, 0.1) is 6.54 Å². The van der Waals surface area contributed by atoms with Crippen LogP contribution in [0.1, 0.15) is 54.3 Å². The number of hydrogen-bond acceptors (Lipinski definition) is 5. The highest BCUT2D eigenvalue weighted by Gasteiger charge is 2.21. The lowest BCUT2D eigenvalue weighted by molar-refractivity contribution is 0.0944. The zero-order valence-electron chi connectivity index (χ0n) is 21.1. The topological polar surface area (TPSA) is 67.6 Å². The molecule has 6 nitrogen and oxygen atoms in total. The normalized spacial score (nSPS) is 12.0. The Morgan fingerprint density at radius 2 is 1.61 bits per heavy atom. The molecule has 3 aromatic carbocycles. The highest BCUT2D eigenvalue weighted by atomic mass is 16.5. The Labute approximate surface area is 212 Å². The molecule has 0 unspecified atom stereocenters. The van der Waals surface area contributed by atoms with Crippen molar-refractivity contribution in [2.24, 2.45) is 5.92 Å². The molecule has 36 heavy (non-hydrogen) atoms. The molecule has 0 fully saturated rings. The van der Waals surface area contributed by atoms with Gasteiger partial charge in [0.1, 0.15) is 17.8 Å². The molecule has 0 radical (unpaired) electrons. The molecule has 0 saturated heterocycles. The third-order valence-corrected chi connectivity index (χ3v) is 5.89. The number of rotatable bonds is 11. The second kappa shape index (κ2) is 12.2. The predicted octanol–water partition coefficient (Wildman–Crippen LogP) is 6.62. The van der Waals surface area contributed by atoms with Crippen LogP contribution in [0.15, 0.2) is 95.6 Å². The van der Waals surface area contributed by atoms with Crippen LogP contribution in [0, 0.1) is 5.92 Å². The maximum Gasteiger partial charge on any atom is 0.273 e. The van der Waals surface area contributed by atoms with E-state index in [4.69, 9.17) is 9.15 Å². The third kappa shape index (κ3) is 7.06. The number of carbonyl (C=O) groups excluding carboxylic acids is 1. The first-order valence-corrected chi connectivity index (χ1v) is 12.3. The Morgan fingerprint density at radius 1 is 0.917 bits per heavy atom. The smallest absolute Gasteiger partial charge is 0.273 e. The van der Waals surface area contributed by atoms with Crippen LogP contribution in [0.3, 0.4) is 0 Å². The van der Waals surface area contributed by atoms with Gasteiger partial charge in [-0.3, -0.25) is 9.69 Å². The lowest BCUT2D eigenvalue weighted by Crippen LogP contribution is -2.28. The van der Waals surface area contributed by atoms with Crippen LogP contribution in [0.25, 0.3) is 0 Å². The second-order valence-corrected chi connectivity index (χ2v) is 9.28. The fourth-order valence-electron chi connectivity index (χ4n) is 3.89. The number of oxazole rings is 1. The molecule has 0 aliphatic heterocycles. The van der Waals surface area contributed by atoms with Crippen LogP contribution >= 0.6 is 0 Å².